The summed E-state index contributed by atoms with van der Waals surface area (Å²) < 4.78 is 0. The molecule has 0 aliphatic heterocycles. The van der Waals surface area contributed by atoms with Crippen molar-refractivity contribution in [3.05, 3.63) is 58.2 Å². The van der Waals surface area contributed by atoms with E-state index in [2.05, 4.69) is 20.5 Å². The summed E-state index contributed by atoms with van der Waals surface area (Å²) in [5.41, 5.74) is 1.63. The fourth-order valence-electron chi connectivity index (χ4n) is 1.42. The minimum Gasteiger partial charge on any atom is -0.867 e. The van der Waals surface area contributed by atoms with Crippen molar-refractivity contribution in [1.82, 2.24) is 15.4 Å². The lowest BCUT2D eigenvalue weighted by Gasteiger charge is -2.09. The average molecular weight is 286 g/mol. The summed E-state index contributed by atoms with van der Waals surface area (Å²) in [5.74, 6) is -1.39. The standard InChI is InChI=1S/C12H9N5O4/c18-11-8(2-1-3-10(11)17(20)21)6-15-16-12(19)9-7-13-4-5-14-9/h1-7,18H,(H,16,19)/p-1/b15-6+. The number of para-hydroxylation sites is 1. The van der Waals surface area contributed by atoms with E-state index in [1.54, 1.807) is 0 Å². The number of carbonyl (C=O) groups excluding carboxylic acids is 1. The molecular weight excluding hydrogens is 278 g/mol. The van der Waals surface area contributed by atoms with Crippen LogP contribution < -0.4 is 10.5 Å². The zero-order valence-corrected chi connectivity index (χ0v) is 10.5. The third-order valence-electron chi connectivity index (χ3n) is 2.39. The highest BCUT2D eigenvalue weighted by molar-refractivity contribution is 5.93. The van der Waals surface area contributed by atoms with Gasteiger partial charge < -0.3 is 5.11 Å². The highest BCUT2D eigenvalue weighted by Gasteiger charge is 2.08. The number of nitro benzene ring substituents is 1. The number of rotatable bonds is 4. The Labute approximate surface area is 118 Å². The van der Waals surface area contributed by atoms with E-state index >= 15 is 0 Å². The molecule has 9 nitrogen and oxygen atoms in total. The summed E-state index contributed by atoms with van der Waals surface area (Å²) in [7, 11) is 0. The lowest BCUT2D eigenvalue weighted by molar-refractivity contribution is -0.398. The van der Waals surface area contributed by atoms with Crippen molar-refractivity contribution in [3.63, 3.8) is 0 Å². The smallest absolute Gasteiger partial charge is 0.291 e. The van der Waals surface area contributed by atoms with Crippen molar-refractivity contribution in [2.75, 3.05) is 0 Å². The lowest BCUT2D eigenvalue weighted by atomic mass is 10.2. The summed E-state index contributed by atoms with van der Waals surface area (Å²) in [6, 6.07) is 3.80. The number of hydrogen-bond acceptors (Lipinski definition) is 7. The van der Waals surface area contributed by atoms with E-state index < -0.39 is 22.3 Å². The number of nitrogens with zero attached hydrogens (tertiary/aromatic N) is 4. The largest absolute Gasteiger partial charge is 0.867 e. The molecule has 0 aliphatic rings. The molecule has 0 atom stereocenters. The molecule has 2 rings (SSSR count). The SMILES string of the molecule is O=C(N/N=C/c1cccc([N+](=O)[O-])c1[O-])c1cnccn1. The van der Waals surface area contributed by atoms with E-state index in [1.165, 1.54) is 30.7 Å². The summed E-state index contributed by atoms with van der Waals surface area (Å²) in [6.07, 6.45) is 5.03. The van der Waals surface area contributed by atoms with E-state index in [1.807, 2.05) is 0 Å². The zero-order chi connectivity index (χ0) is 15.2. The molecule has 0 fully saturated rings. The molecular formula is C12H8N5O4-. The van der Waals surface area contributed by atoms with Crippen LogP contribution in [-0.4, -0.2) is 27.0 Å². The molecule has 0 spiro atoms. The van der Waals surface area contributed by atoms with Crippen LogP contribution in [0.4, 0.5) is 5.69 Å². The minimum atomic E-state index is -0.780. The van der Waals surface area contributed by atoms with Gasteiger partial charge in [0.1, 0.15) is 5.69 Å². The first-order chi connectivity index (χ1) is 10.1. The Balaban J connectivity index is 2.10. The average Bonchev–Trinajstić information content (AvgIpc) is 2.49. The maximum Gasteiger partial charge on any atom is 0.291 e. The molecule has 106 valence electrons. The Kier molecular flexibility index (Phi) is 4.14. The first-order valence-electron chi connectivity index (χ1n) is 5.63. The van der Waals surface area contributed by atoms with Gasteiger partial charge in [0.15, 0.2) is 0 Å². The summed E-state index contributed by atoms with van der Waals surface area (Å²) in [6.45, 7) is 0. The molecule has 1 amide bonds. The van der Waals surface area contributed by atoms with Gasteiger partial charge in [-0.1, -0.05) is 12.1 Å². The van der Waals surface area contributed by atoms with Crippen LogP contribution in [0.5, 0.6) is 5.75 Å². The predicted octanol–water partition coefficient (Wildman–Crippen LogP) is 0.222. The molecule has 9 heteroatoms. The Morgan fingerprint density at radius 1 is 1.38 bits per heavy atom. The maximum atomic E-state index is 11.7. The molecule has 1 N–H and O–H groups in total. The molecule has 21 heavy (non-hydrogen) atoms. The third-order valence-corrected chi connectivity index (χ3v) is 2.39. The highest BCUT2D eigenvalue weighted by Crippen LogP contribution is 2.24. The number of hydrazone groups is 1. The number of aromatic nitrogens is 2. The Bertz CT molecular complexity index is 702. The monoisotopic (exact) mass is 286 g/mol. The Morgan fingerprint density at radius 2 is 2.19 bits per heavy atom. The second kappa shape index (κ2) is 6.19. The third kappa shape index (κ3) is 3.35. The second-order valence-electron chi connectivity index (χ2n) is 3.74. The van der Waals surface area contributed by atoms with Crippen LogP contribution in [0.2, 0.25) is 0 Å². The molecule has 0 aliphatic carbocycles. The van der Waals surface area contributed by atoms with Crippen molar-refractivity contribution in [2.24, 2.45) is 5.10 Å². The number of carbonyl (C=O) groups is 1. The molecule has 0 saturated heterocycles. The summed E-state index contributed by atoms with van der Waals surface area (Å²) in [4.78, 5) is 28.9. The van der Waals surface area contributed by atoms with E-state index in [9.17, 15) is 20.0 Å². The lowest BCUT2D eigenvalue weighted by Crippen LogP contribution is -2.19. The normalized spacial score (nSPS) is 10.5. The van der Waals surface area contributed by atoms with Crippen LogP contribution in [0.1, 0.15) is 16.1 Å². The molecule has 0 radical (unpaired) electrons. The van der Waals surface area contributed by atoms with E-state index in [4.69, 9.17) is 0 Å². The molecule has 1 aromatic heterocycles. The number of amides is 1. The minimum absolute atomic E-state index is 0.0105. The van der Waals surface area contributed by atoms with Crippen molar-refractivity contribution in [1.29, 1.82) is 0 Å². The quantitative estimate of drug-likeness (QED) is 0.485. The van der Waals surface area contributed by atoms with E-state index in [-0.39, 0.29) is 11.3 Å². The number of nitro groups is 1. The van der Waals surface area contributed by atoms with Crippen molar-refractivity contribution < 1.29 is 14.8 Å². The number of nitrogens with one attached hydrogen (secondary N) is 1. The topological polar surface area (TPSA) is 133 Å². The molecule has 0 unspecified atom stereocenters. The second-order valence-corrected chi connectivity index (χ2v) is 3.74. The van der Waals surface area contributed by atoms with Gasteiger partial charge in [0.05, 0.1) is 17.3 Å². The van der Waals surface area contributed by atoms with Gasteiger partial charge in [-0.05, 0) is 11.3 Å². The molecule has 1 aromatic carbocycles. The van der Waals surface area contributed by atoms with Gasteiger partial charge in [0, 0.05) is 18.5 Å². The van der Waals surface area contributed by atoms with Gasteiger partial charge >= 0.3 is 0 Å². The number of hydrogen-bond donors (Lipinski definition) is 1. The van der Waals surface area contributed by atoms with Crippen LogP contribution in [0.15, 0.2) is 41.9 Å². The van der Waals surface area contributed by atoms with Crippen LogP contribution in [-0.2, 0) is 0 Å². The zero-order valence-electron chi connectivity index (χ0n) is 10.5. The first kappa shape index (κ1) is 14.1. The van der Waals surface area contributed by atoms with Gasteiger partial charge in [-0.25, -0.2) is 10.4 Å². The van der Waals surface area contributed by atoms with E-state index in [0.29, 0.717) is 0 Å². The fourth-order valence-corrected chi connectivity index (χ4v) is 1.42. The van der Waals surface area contributed by atoms with Crippen LogP contribution in [0.25, 0.3) is 0 Å². The van der Waals surface area contributed by atoms with Crippen LogP contribution in [0, 0.1) is 10.1 Å². The van der Waals surface area contributed by atoms with Crippen LogP contribution >= 0.6 is 0 Å². The van der Waals surface area contributed by atoms with Crippen molar-refractivity contribution in [3.8, 4) is 5.75 Å². The van der Waals surface area contributed by atoms with Gasteiger partial charge in [-0.2, -0.15) is 5.10 Å². The van der Waals surface area contributed by atoms with Gasteiger partial charge in [0.25, 0.3) is 11.6 Å². The molecule has 1 heterocycles. The van der Waals surface area contributed by atoms with Gasteiger partial charge in [-0.15, -0.1) is 0 Å². The van der Waals surface area contributed by atoms with Gasteiger partial charge in [0.2, 0.25) is 0 Å². The first-order valence-corrected chi connectivity index (χ1v) is 5.63. The van der Waals surface area contributed by atoms with Crippen molar-refractivity contribution >= 4 is 17.8 Å². The highest BCUT2D eigenvalue weighted by atomic mass is 16.6. The Hall–Kier alpha value is -3.36. The maximum absolute atomic E-state index is 11.7. The molecule has 0 saturated carbocycles. The summed E-state index contributed by atoms with van der Waals surface area (Å²) in [5, 5.41) is 25.9. The summed E-state index contributed by atoms with van der Waals surface area (Å²) >= 11 is 0. The van der Waals surface area contributed by atoms with Gasteiger partial charge in [-0.3, -0.25) is 19.9 Å². The Morgan fingerprint density at radius 3 is 2.86 bits per heavy atom. The fraction of sp³-hybridized carbons (Fsp3) is 0. The molecule has 2 aromatic rings. The number of benzene rings is 1. The predicted molar refractivity (Wildman–Crippen MR) is 69.6 cm³/mol. The molecule has 0 bridgehead atoms. The van der Waals surface area contributed by atoms with E-state index in [0.717, 1.165) is 12.3 Å². The van der Waals surface area contributed by atoms with Crippen molar-refractivity contribution in [2.45, 2.75) is 0 Å². The van der Waals surface area contributed by atoms with Crippen LogP contribution in [0.3, 0.4) is 0 Å².